The van der Waals surface area contributed by atoms with Gasteiger partial charge in [0.2, 0.25) is 0 Å². The Bertz CT molecular complexity index is 628. The zero-order chi connectivity index (χ0) is 16.7. The monoisotopic (exact) mass is 328 g/mol. The van der Waals surface area contributed by atoms with E-state index in [0.29, 0.717) is 24.3 Å². The van der Waals surface area contributed by atoms with Crippen molar-refractivity contribution in [1.29, 1.82) is 0 Å². The van der Waals surface area contributed by atoms with E-state index in [1.54, 1.807) is 0 Å². The Morgan fingerprint density at radius 1 is 1.04 bits per heavy atom. The van der Waals surface area contributed by atoms with Crippen LogP contribution in [0.4, 0.5) is 5.82 Å². The molecule has 1 N–H and O–H groups in total. The Kier molecular flexibility index (Phi) is 4.19. The molecule has 0 saturated carbocycles. The van der Waals surface area contributed by atoms with E-state index in [1.807, 2.05) is 0 Å². The molecule has 0 aromatic carbocycles. The second kappa shape index (κ2) is 6.34. The van der Waals surface area contributed by atoms with Gasteiger partial charge in [-0.2, -0.15) is 0 Å². The van der Waals surface area contributed by atoms with Gasteiger partial charge in [-0.1, -0.05) is 26.7 Å². The summed E-state index contributed by atoms with van der Waals surface area (Å²) < 4.78 is 0. The number of hydrogen-bond acceptors (Lipinski definition) is 4. The first kappa shape index (κ1) is 15.9. The molecule has 4 rings (SSSR count). The zero-order valence-corrected chi connectivity index (χ0v) is 14.8. The lowest BCUT2D eigenvalue weighted by Crippen LogP contribution is -2.47. The molecule has 1 aromatic rings. The van der Waals surface area contributed by atoms with Crippen LogP contribution in [0.15, 0.2) is 0 Å². The molecular weight excluding hydrogens is 300 g/mol. The molecule has 2 fully saturated rings. The minimum Gasteiger partial charge on any atom is -0.350 e. The van der Waals surface area contributed by atoms with Gasteiger partial charge in [0.15, 0.2) is 0 Å². The highest BCUT2D eigenvalue weighted by Gasteiger charge is 2.36. The first-order chi connectivity index (χ1) is 11.6. The summed E-state index contributed by atoms with van der Waals surface area (Å²) in [6.45, 7) is 4.91. The van der Waals surface area contributed by atoms with E-state index in [9.17, 15) is 4.79 Å². The van der Waals surface area contributed by atoms with Crippen LogP contribution in [-0.4, -0.2) is 34.5 Å². The number of carbonyl (C=O) groups excluding carboxylic acids is 1. The molecule has 5 heteroatoms. The predicted octanol–water partition coefficient (Wildman–Crippen LogP) is 3.19. The van der Waals surface area contributed by atoms with Crippen molar-refractivity contribution in [3.8, 4) is 0 Å². The topological polar surface area (TPSA) is 58.1 Å². The fraction of sp³-hybridized carbons (Fsp3) is 0.737. The maximum absolute atomic E-state index is 12.4. The third-order valence-corrected chi connectivity index (χ3v) is 5.83. The fourth-order valence-corrected chi connectivity index (χ4v) is 4.60. The molecule has 3 aliphatic rings. The normalized spacial score (nSPS) is 26.8. The van der Waals surface area contributed by atoms with Crippen LogP contribution in [0, 0.1) is 0 Å². The van der Waals surface area contributed by atoms with Crippen molar-refractivity contribution in [3.05, 3.63) is 17.1 Å². The van der Waals surface area contributed by atoms with Gasteiger partial charge in [0.1, 0.15) is 17.3 Å². The Morgan fingerprint density at radius 2 is 1.71 bits per heavy atom. The highest BCUT2D eigenvalue weighted by Crippen LogP contribution is 2.38. The van der Waals surface area contributed by atoms with Gasteiger partial charge < -0.3 is 10.2 Å². The summed E-state index contributed by atoms with van der Waals surface area (Å²) in [5.41, 5.74) is 1.71. The molecule has 2 atom stereocenters. The molecule has 2 saturated heterocycles. The second-order valence-electron chi connectivity index (χ2n) is 7.82. The maximum Gasteiger partial charge on any atom is 0.270 e. The van der Waals surface area contributed by atoms with Gasteiger partial charge in [-0.25, -0.2) is 9.97 Å². The highest BCUT2D eigenvalue weighted by molar-refractivity contribution is 5.96. The zero-order valence-electron chi connectivity index (χ0n) is 14.8. The van der Waals surface area contributed by atoms with Gasteiger partial charge >= 0.3 is 0 Å². The van der Waals surface area contributed by atoms with Crippen molar-refractivity contribution in [2.75, 3.05) is 11.4 Å². The predicted molar refractivity (Wildman–Crippen MR) is 94.5 cm³/mol. The fourth-order valence-electron chi connectivity index (χ4n) is 4.60. The highest BCUT2D eigenvalue weighted by atomic mass is 16.1. The van der Waals surface area contributed by atoms with Crippen molar-refractivity contribution in [2.24, 2.45) is 0 Å². The lowest BCUT2D eigenvalue weighted by molar-refractivity contribution is 0.0939. The van der Waals surface area contributed by atoms with Crippen molar-refractivity contribution in [1.82, 2.24) is 15.3 Å². The SMILES string of the molecule is CC(C)c1nc2c(c(N3C4CCCCC3CCC4)n1)CCNC2=O. The summed E-state index contributed by atoms with van der Waals surface area (Å²) in [4.78, 5) is 24.6. The number of nitrogens with zero attached hydrogens (tertiary/aromatic N) is 3. The van der Waals surface area contributed by atoms with Crippen LogP contribution < -0.4 is 10.2 Å². The van der Waals surface area contributed by atoms with Gasteiger partial charge in [-0.3, -0.25) is 4.79 Å². The number of anilines is 1. The number of aromatic nitrogens is 2. The summed E-state index contributed by atoms with van der Waals surface area (Å²) in [6, 6.07) is 1.19. The largest absolute Gasteiger partial charge is 0.350 e. The summed E-state index contributed by atoms with van der Waals surface area (Å²) in [6.07, 6.45) is 9.88. The number of rotatable bonds is 2. The summed E-state index contributed by atoms with van der Waals surface area (Å²) in [5.74, 6) is 2.09. The first-order valence-electron chi connectivity index (χ1n) is 9.62. The summed E-state index contributed by atoms with van der Waals surface area (Å²) in [7, 11) is 0. The molecule has 1 aromatic heterocycles. The van der Waals surface area contributed by atoms with E-state index in [1.165, 1.54) is 44.9 Å². The number of nitrogens with one attached hydrogen (secondary N) is 1. The molecule has 3 aliphatic heterocycles. The minimum absolute atomic E-state index is 0.0261. The van der Waals surface area contributed by atoms with Crippen LogP contribution in [0.1, 0.15) is 86.6 Å². The lowest BCUT2D eigenvalue weighted by Gasteiger charge is -2.43. The summed E-state index contributed by atoms with van der Waals surface area (Å²) >= 11 is 0. The van der Waals surface area contributed by atoms with Crippen molar-refractivity contribution in [3.63, 3.8) is 0 Å². The van der Waals surface area contributed by atoms with E-state index < -0.39 is 0 Å². The van der Waals surface area contributed by atoms with E-state index in [4.69, 9.17) is 4.98 Å². The number of piperidine rings is 1. The molecule has 2 unspecified atom stereocenters. The minimum atomic E-state index is -0.0261. The molecule has 0 spiro atoms. The standard InChI is InChI=1S/C19H28N4O/c1-12(2)17-21-16-15(10-11-20-19(16)24)18(22-17)23-13-6-3-4-7-14(23)9-5-8-13/h12-14H,3-11H2,1-2H3,(H,20,24). The third kappa shape index (κ3) is 2.68. The van der Waals surface area contributed by atoms with Crippen molar-refractivity contribution >= 4 is 11.7 Å². The van der Waals surface area contributed by atoms with Crippen LogP contribution >= 0.6 is 0 Å². The number of amides is 1. The lowest BCUT2D eigenvalue weighted by atomic mass is 9.93. The molecule has 1 amide bonds. The number of fused-ring (bicyclic) bond motifs is 3. The molecule has 24 heavy (non-hydrogen) atoms. The van der Waals surface area contributed by atoms with Crippen LogP contribution in [0.3, 0.4) is 0 Å². The quantitative estimate of drug-likeness (QED) is 0.906. The Hall–Kier alpha value is -1.65. The van der Waals surface area contributed by atoms with Crippen LogP contribution in [0.2, 0.25) is 0 Å². The Morgan fingerprint density at radius 3 is 2.38 bits per heavy atom. The maximum atomic E-state index is 12.4. The van der Waals surface area contributed by atoms with Gasteiger partial charge in [0.25, 0.3) is 5.91 Å². The molecule has 0 aliphatic carbocycles. The molecule has 2 bridgehead atoms. The smallest absolute Gasteiger partial charge is 0.270 e. The molecular formula is C19H28N4O. The van der Waals surface area contributed by atoms with Gasteiger partial charge in [-0.15, -0.1) is 0 Å². The Labute approximate surface area is 144 Å². The van der Waals surface area contributed by atoms with Gasteiger partial charge in [0.05, 0.1) is 0 Å². The summed E-state index contributed by atoms with van der Waals surface area (Å²) in [5, 5.41) is 2.95. The van der Waals surface area contributed by atoms with E-state index in [0.717, 1.165) is 23.6 Å². The van der Waals surface area contributed by atoms with Crippen LogP contribution in [0.25, 0.3) is 0 Å². The van der Waals surface area contributed by atoms with Crippen molar-refractivity contribution in [2.45, 2.75) is 83.2 Å². The molecule has 5 nitrogen and oxygen atoms in total. The molecule has 0 radical (unpaired) electrons. The second-order valence-corrected chi connectivity index (χ2v) is 7.82. The Balaban J connectivity index is 1.85. The third-order valence-electron chi connectivity index (χ3n) is 5.83. The van der Waals surface area contributed by atoms with Crippen LogP contribution in [-0.2, 0) is 6.42 Å². The van der Waals surface area contributed by atoms with Crippen molar-refractivity contribution < 1.29 is 4.79 Å². The van der Waals surface area contributed by atoms with Gasteiger partial charge in [0, 0.05) is 30.1 Å². The van der Waals surface area contributed by atoms with Gasteiger partial charge in [-0.05, 0) is 38.5 Å². The molecule has 4 heterocycles. The van der Waals surface area contributed by atoms with Crippen LogP contribution in [0.5, 0.6) is 0 Å². The van der Waals surface area contributed by atoms with E-state index in [-0.39, 0.29) is 11.8 Å². The first-order valence-corrected chi connectivity index (χ1v) is 9.62. The van der Waals surface area contributed by atoms with E-state index >= 15 is 0 Å². The molecule has 130 valence electrons. The number of hydrogen-bond donors (Lipinski definition) is 1. The average molecular weight is 328 g/mol. The average Bonchev–Trinajstić information content (AvgIpc) is 2.69. The van der Waals surface area contributed by atoms with E-state index in [2.05, 4.69) is 29.0 Å². The number of carbonyl (C=O) groups is 1.